The summed E-state index contributed by atoms with van der Waals surface area (Å²) >= 11 is 0. The number of rotatable bonds is 7. The Kier molecular flexibility index (Phi) is 6.33. The van der Waals surface area contributed by atoms with Crippen LogP contribution < -0.4 is 22.3 Å². The lowest BCUT2D eigenvalue weighted by Crippen LogP contribution is -2.46. The molecule has 182 valence electrons. The van der Waals surface area contributed by atoms with Crippen LogP contribution in [0.4, 0.5) is 0 Å². The number of pyridine rings is 1. The van der Waals surface area contributed by atoms with Crippen molar-refractivity contribution in [2.24, 2.45) is 11.7 Å². The number of unbranched alkanes of at least 4 members (excludes halogenated alkanes) is 1. The average Bonchev–Trinajstić information content (AvgIpc) is 3.04. The number of nitrogens with two attached hydrogens (primary N) is 1. The van der Waals surface area contributed by atoms with Gasteiger partial charge in [0, 0.05) is 18.8 Å². The summed E-state index contributed by atoms with van der Waals surface area (Å²) in [5.74, 6) is -0.903. The highest BCUT2D eigenvalue weighted by atomic mass is 16.3. The summed E-state index contributed by atoms with van der Waals surface area (Å²) < 4.78 is 2.34. The first-order valence-electron chi connectivity index (χ1n) is 11.9. The molecule has 1 fully saturated rings. The zero-order valence-corrected chi connectivity index (χ0v) is 19.6. The van der Waals surface area contributed by atoms with Crippen LogP contribution in [0.1, 0.15) is 86.5 Å². The minimum atomic E-state index is -0.709. The van der Waals surface area contributed by atoms with Crippen molar-refractivity contribution in [3.8, 4) is 5.88 Å². The Morgan fingerprint density at radius 3 is 2.65 bits per heavy atom. The monoisotopic (exact) mass is 468 g/mol. The molecule has 0 unspecified atom stereocenters. The van der Waals surface area contributed by atoms with Crippen LogP contribution in [0.15, 0.2) is 27.9 Å². The fourth-order valence-corrected chi connectivity index (χ4v) is 5.47. The predicted octanol–water partition coefficient (Wildman–Crippen LogP) is 1.97. The van der Waals surface area contributed by atoms with Crippen LogP contribution in [0.2, 0.25) is 0 Å². The van der Waals surface area contributed by atoms with Gasteiger partial charge in [0.05, 0.1) is 16.8 Å². The minimum Gasteiger partial charge on any atom is -0.494 e. The average molecular weight is 469 g/mol. The normalized spacial score (nSPS) is 24.0. The molecule has 3 heterocycles. The molecule has 1 amide bonds. The summed E-state index contributed by atoms with van der Waals surface area (Å²) in [6.07, 6.45) is 6.63. The van der Waals surface area contributed by atoms with Crippen molar-refractivity contribution in [1.29, 1.82) is 5.41 Å². The number of aromatic hydroxyl groups is 1. The number of aromatic nitrogens is 3. The molecule has 0 spiro atoms. The second-order valence-corrected chi connectivity index (χ2v) is 9.64. The molecule has 10 heteroatoms. The van der Waals surface area contributed by atoms with Gasteiger partial charge < -0.3 is 16.2 Å². The Balaban J connectivity index is 1.56. The highest BCUT2D eigenvalue weighted by Gasteiger charge is 2.42. The van der Waals surface area contributed by atoms with E-state index >= 15 is 0 Å². The van der Waals surface area contributed by atoms with Crippen LogP contribution in [-0.2, 0) is 12.1 Å². The highest BCUT2D eigenvalue weighted by Crippen LogP contribution is 2.40. The second-order valence-electron chi connectivity index (χ2n) is 9.64. The summed E-state index contributed by atoms with van der Waals surface area (Å²) in [6, 6.07) is 3.21. The topological polar surface area (TPSA) is 156 Å². The molecule has 0 saturated heterocycles. The third-order valence-corrected chi connectivity index (χ3v) is 7.20. The van der Waals surface area contributed by atoms with Crippen molar-refractivity contribution < 1.29 is 9.90 Å². The Morgan fingerprint density at radius 2 is 2.00 bits per heavy atom. The molecular formula is C24H32N6O4. The van der Waals surface area contributed by atoms with E-state index in [2.05, 4.69) is 10.3 Å². The van der Waals surface area contributed by atoms with E-state index in [-0.39, 0.29) is 30.0 Å². The summed E-state index contributed by atoms with van der Waals surface area (Å²) in [4.78, 5) is 43.1. The largest absolute Gasteiger partial charge is 0.494 e. The van der Waals surface area contributed by atoms with Crippen LogP contribution in [0.25, 0.3) is 0 Å². The van der Waals surface area contributed by atoms with Gasteiger partial charge in [0.15, 0.2) is 0 Å². The molecule has 1 atom stereocenters. The molecule has 1 aliphatic carbocycles. The van der Waals surface area contributed by atoms with E-state index in [1.165, 1.54) is 4.57 Å². The van der Waals surface area contributed by atoms with E-state index in [0.29, 0.717) is 24.8 Å². The molecule has 0 bridgehead atoms. The number of nitrogens with zero attached hydrogens (tertiary/aromatic N) is 3. The van der Waals surface area contributed by atoms with Crippen molar-refractivity contribution in [3.63, 3.8) is 0 Å². The Hall–Kier alpha value is -3.43. The van der Waals surface area contributed by atoms with Crippen LogP contribution in [0, 0.1) is 11.3 Å². The quantitative estimate of drug-likeness (QED) is 0.359. The lowest BCUT2D eigenvalue weighted by molar-refractivity contribution is 0.0917. The Labute approximate surface area is 197 Å². The van der Waals surface area contributed by atoms with Crippen molar-refractivity contribution >= 4 is 11.7 Å². The van der Waals surface area contributed by atoms with Crippen molar-refractivity contribution in [3.05, 3.63) is 56.0 Å². The van der Waals surface area contributed by atoms with Crippen LogP contribution in [0.5, 0.6) is 5.88 Å². The first kappa shape index (κ1) is 23.7. The van der Waals surface area contributed by atoms with Gasteiger partial charge >= 0.3 is 5.69 Å². The fraction of sp³-hybridized carbons (Fsp3) is 0.542. The zero-order chi connectivity index (χ0) is 24.6. The highest BCUT2D eigenvalue weighted by molar-refractivity contribution is 5.99. The smallest absolute Gasteiger partial charge is 0.334 e. The Morgan fingerprint density at radius 1 is 1.29 bits per heavy atom. The third kappa shape index (κ3) is 4.01. The lowest BCUT2D eigenvalue weighted by atomic mass is 9.77. The molecule has 0 radical (unpaired) electrons. The maximum absolute atomic E-state index is 13.2. The lowest BCUT2D eigenvalue weighted by Gasteiger charge is -2.35. The van der Waals surface area contributed by atoms with Gasteiger partial charge in [-0.2, -0.15) is 0 Å². The number of fused-ring (bicyclic) bond motifs is 1. The summed E-state index contributed by atoms with van der Waals surface area (Å²) in [7, 11) is 0. The molecule has 1 aliphatic heterocycles. The maximum atomic E-state index is 13.2. The summed E-state index contributed by atoms with van der Waals surface area (Å²) in [5.41, 5.74) is 4.84. The SMILES string of the molecule is CCCCn1c(O)c(C(=N)N)c(=O)n(C2CCC(C[C@]3(C)NC(=O)c4cccnc43)CC2)c1=O. The first-order valence-corrected chi connectivity index (χ1v) is 11.9. The van der Waals surface area contributed by atoms with Gasteiger partial charge in [0.1, 0.15) is 11.4 Å². The van der Waals surface area contributed by atoms with E-state index < -0.39 is 28.5 Å². The molecule has 2 aromatic rings. The van der Waals surface area contributed by atoms with Gasteiger partial charge in [-0.05, 0) is 63.5 Å². The maximum Gasteiger partial charge on any atom is 0.334 e. The third-order valence-electron chi connectivity index (χ3n) is 7.20. The van der Waals surface area contributed by atoms with E-state index in [1.807, 2.05) is 13.8 Å². The second kappa shape index (κ2) is 9.08. The molecule has 34 heavy (non-hydrogen) atoms. The van der Waals surface area contributed by atoms with Gasteiger partial charge in [0.2, 0.25) is 5.88 Å². The number of amides is 1. The Bertz CT molecular complexity index is 1240. The zero-order valence-electron chi connectivity index (χ0n) is 19.6. The molecule has 4 rings (SSSR count). The fourth-order valence-electron chi connectivity index (χ4n) is 5.47. The van der Waals surface area contributed by atoms with E-state index in [1.54, 1.807) is 18.3 Å². The molecule has 0 aromatic carbocycles. The molecule has 2 aromatic heterocycles. The number of nitrogens with one attached hydrogen (secondary N) is 2. The molecular weight excluding hydrogens is 436 g/mol. The number of amidine groups is 1. The number of hydrogen-bond acceptors (Lipinski definition) is 6. The van der Waals surface area contributed by atoms with Gasteiger partial charge in [-0.3, -0.25) is 29.1 Å². The standard InChI is InChI=1S/C24H32N6O4/c1-3-4-12-29-21(32)17(19(25)26)22(33)30(23(29)34)15-9-7-14(8-10-15)13-24(2)18-16(20(31)28-24)6-5-11-27-18/h5-6,11,14-15,32H,3-4,7-10,12-13H2,1-2H3,(H3,25,26)(H,28,31)/t14?,15?,24-/m0/s1. The van der Waals surface area contributed by atoms with Crippen molar-refractivity contribution in [1.82, 2.24) is 19.4 Å². The van der Waals surface area contributed by atoms with E-state index in [0.717, 1.165) is 35.9 Å². The van der Waals surface area contributed by atoms with Gasteiger partial charge in [-0.15, -0.1) is 0 Å². The van der Waals surface area contributed by atoms with Crippen LogP contribution in [0.3, 0.4) is 0 Å². The van der Waals surface area contributed by atoms with Crippen LogP contribution >= 0.6 is 0 Å². The molecule has 10 nitrogen and oxygen atoms in total. The van der Waals surface area contributed by atoms with E-state index in [4.69, 9.17) is 11.1 Å². The van der Waals surface area contributed by atoms with Gasteiger partial charge in [0.25, 0.3) is 11.5 Å². The van der Waals surface area contributed by atoms with E-state index in [9.17, 15) is 19.5 Å². The van der Waals surface area contributed by atoms with Gasteiger partial charge in [-0.1, -0.05) is 13.3 Å². The molecule has 1 saturated carbocycles. The number of hydrogen-bond donors (Lipinski definition) is 4. The summed E-state index contributed by atoms with van der Waals surface area (Å²) in [5, 5.41) is 21.3. The number of nitrogen functional groups attached to an aromatic ring is 1. The molecule has 5 N–H and O–H groups in total. The summed E-state index contributed by atoms with van der Waals surface area (Å²) in [6.45, 7) is 4.21. The number of carbonyl (C=O) groups is 1. The molecule has 2 aliphatic rings. The minimum absolute atomic E-state index is 0.112. The first-order chi connectivity index (χ1) is 16.2. The van der Waals surface area contributed by atoms with Crippen molar-refractivity contribution in [2.75, 3.05) is 0 Å². The van der Waals surface area contributed by atoms with Crippen LogP contribution in [-0.4, -0.2) is 31.0 Å². The predicted molar refractivity (Wildman–Crippen MR) is 127 cm³/mol. The van der Waals surface area contributed by atoms with Gasteiger partial charge in [-0.25, -0.2) is 4.79 Å². The number of carbonyl (C=O) groups excluding carboxylic acids is 1. The van der Waals surface area contributed by atoms with Crippen molar-refractivity contribution in [2.45, 2.75) is 76.9 Å².